The minimum Gasteiger partial charge on any atom is -0.508 e. The highest BCUT2D eigenvalue weighted by atomic mass is 16.3. The maximum atomic E-state index is 11.7. The molecule has 1 aliphatic carbocycles. The number of nitrogens with one attached hydrogen (secondary N) is 2. The van der Waals surface area contributed by atoms with Crippen LogP contribution in [0.25, 0.3) is 0 Å². The van der Waals surface area contributed by atoms with E-state index in [1.807, 2.05) is 18.3 Å². The molecular weight excluding hydrogens is 264 g/mol. The van der Waals surface area contributed by atoms with Crippen molar-refractivity contribution in [2.75, 3.05) is 6.54 Å². The summed E-state index contributed by atoms with van der Waals surface area (Å²) in [6, 6.07) is 6.87. The summed E-state index contributed by atoms with van der Waals surface area (Å²) in [4.78, 5) is 11.7. The second kappa shape index (κ2) is 7.72. The Morgan fingerprint density at radius 2 is 1.95 bits per heavy atom. The first-order valence-corrected chi connectivity index (χ1v) is 7.64. The SMILES string of the molecule is C/C(=C\NC(=O)NCCc1ccc(O)cc1)C1CCCC1. The molecule has 0 atom stereocenters. The van der Waals surface area contributed by atoms with Crippen LogP contribution < -0.4 is 10.6 Å². The molecule has 3 N–H and O–H groups in total. The quantitative estimate of drug-likeness (QED) is 0.778. The van der Waals surface area contributed by atoms with Crippen molar-refractivity contribution in [2.24, 2.45) is 5.92 Å². The van der Waals surface area contributed by atoms with Crippen molar-refractivity contribution in [3.8, 4) is 5.75 Å². The summed E-state index contributed by atoms with van der Waals surface area (Å²) in [6.45, 7) is 2.67. The molecule has 1 fully saturated rings. The van der Waals surface area contributed by atoms with Gasteiger partial charge in [-0.25, -0.2) is 4.79 Å². The van der Waals surface area contributed by atoms with E-state index in [0.717, 1.165) is 12.0 Å². The van der Waals surface area contributed by atoms with Gasteiger partial charge < -0.3 is 15.7 Å². The van der Waals surface area contributed by atoms with Crippen LogP contribution in [-0.4, -0.2) is 17.7 Å². The van der Waals surface area contributed by atoms with Gasteiger partial charge in [-0.2, -0.15) is 0 Å². The summed E-state index contributed by atoms with van der Waals surface area (Å²) in [5, 5.41) is 14.8. The van der Waals surface area contributed by atoms with Crippen LogP contribution in [0.5, 0.6) is 5.75 Å². The fourth-order valence-corrected chi connectivity index (χ4v) is 2.71. The molecule has 4 nitrogen and oxygen atoms in total. The molecule has 2 rings (SSSR count). The van der Waals surface area contributed by atoms with E-state index in [1.165, 1.54) is 31.3 Å². The van der Waals surface area contributed by atoms with E-state index in [4.69, 9.17) is 0 Å². The summed E-state index contributed by atoms with van der Waals surface area (Å²) >= 11 is 0. The summed E-state index contributed by atoms with van der Waals surface area (Å²) in [5.41, 5.74) is 2.35. The van der Waals surface area contributed by atoms with Gasteiger partial charge in [0.1, 0.15) is 5.75 Å². The number of phenolic OH excluding ortho intramolecular Hbond substituents is 1. The Morgan fingerprint density at radius 1 is 1.29 bits per heavy atom. The molecule has 0 aromatic heterocycles. The van der Waals surface area contributed by atoms with E-state index in [0.29, 0.717) is 12.5 Å². The van der Waals surface area contributed by atoms with Gasteiger partial charge in [-0.3, -0.25) is 0 Å². The molecule has 21 heavy (non-hydrogen) atoms. The third-order valence-corrected chi connectivity index (χ3v) is 4.07. The van der Waals surface area contributed by atoms with E-state index in [1.54, 1.807) is 12.1 Å². The normalized spacial score (nSPS) is 16.0. The van der Waals surface area contributed by atoms with Crippen molar-refractivity contribution in [3.63, 3.8) is 0 Å². The van der Waals surface area contributed by atoms with Gasteiger partial charge in [0.05, 0.1) is 0 Å². The Morgan fingerprint density at radius 3 is 2.62 bits per heavy atom. The zero-order chi connectivity index (χ0) is 15.1. The van der Waals surface area contributed by atoms with Gasteiger partial charge in [-0.1, -0.05) is 30.5 Å². The molecular formula is C17H24N2O2. The number of aromatic hydroxyl groups is 1. The lowest BCUT2D eigenvalue weighted by atomic mass is 10.0. The van der Waals surface area contributed by atoms with Crippen molar-refractivity contribution < 1.29 is 9.90 Å². The van der Waals surface area contributed by atoms with Crippen molar-refractivity contribution in [1.82, 2.24) is 10.6 Å². The largest absolute Gasteiger partial charge is 0.508 e. The van der Waals surface area contributed by atoms with Crippen LogP contribution in [0.4, 0.5) is 4.79 Å². The molecule has 4 heteroatoms. The van der Waals surface area contributed by atoms with Gasteiger partial charge in [0, 0.05) is 12.7 Å². The summed E-state index contributed by atoms with van der Waals surface area (Å²) < 4.78 is 0. The number of benzene rings is 1. The molecule has 0 spiro atoms. The molecule has 1 aliphatic rings. The molecule has 0 unspecified atom stereocenters. The third kappa shape index (κ3) is 5.14. The molecule has 0 saturated heterocycles. The van der Waals surface area contributed by atoms with Crippen molar-refractivity contribution >= 4 is 6.03 Å². The van der Waals surface area contributed by atoms with Crippen molar-refractivity contribution in [3.05, 3.63) is 41.6 Å². The fraction of sp³-hybridized carbons (Fsp3) is 0.471. The Bertz CT molecular complexity index is 488. The highest BCUT2D eigenvalue weighted by molar-refractivity contribution is 5.74. The minimum absolute atomic E-state index is 0.161. The lowest BCUT2D eigenvalue weighted by molar-refractivity contribution is 0.244. The number of phenols is 1. The zero-order valence-electron chi connectivity index (χ0n) is 12.6. The number of allylic oxidation sites excluding steroid dienone is 1. The van der Waals surface area contributed by atoms with Gasteiger partial charge in [-0.05, 0) is 49.8 Å². The Labute approximate surface area is 126 Å². The maximum absolute atomic E-state index is 11.7. The van der Waals surface area contributed by atoms with Crippen molar-refractivity contribution in [2.45, 2.75) is 39.0 Å². The van der Waals surface area contributed by atoms with Crippen LogP contribution in [0.15, 0.2) is 36.0 Å². The lowest BCUT2D eigenvalue weighted by Gasteiger charge is -2.10. The average molecular weight is 288 g/mol. The predicted octanol–water partition coefficient (Wildman–Crippen LogP) is 3.33. The lowest BCUT2D eigenvalue weighted by Crippen LogP contribution is -2.33. The van der Waals surface area contributed by atoms with Crippen LogP contribution in [0.3, 0.4) is 0 Å². The first kappa shape index (κ1) is 15.4. The van der Waals surface area contributed by atoms with E-state index < -0.39 is 0 Å². The topological polar surface area (TPSA) is 61.4 Å². The highest BCUT2D eigenvalue weighted by Gasteiger charge is 2.16. The average Bonchev–Trinajstić information content (AvgIpc) is 3.01. The minimum atomic E-state index is -0.161. The molecule has 1 saturated carbocycles. The molecule has 1 aromatic rings. The molecule has 114 valence electrons. The second-order valence-electron chi connectivity index (χ2n) is 5.69. The summed E-state index contributed by atoms with van der Waals surface area (Å²) in [7, 11) is 0. The van der Waals surface area contributed by atoms with E-state index >= 15 is 0 Å². The smallest absolute Gasteiger partial charge is 0.318 e. The van der Waals surface area contributed by atoms with Crippen LogP contribution in [-0.2, 0) is 6.42 Å². The first-order chi connectivity index (χ1) is 10.1. The second-order valence-corrected chi connectivity index (χ2v) is 5.69. The third-order valence-electron chi connectivity index (χ3n) is 4.07. The number of amides is 2. The van der Waals surface area contributed by atoms with Gasteiger partial charge in [-0.15, -0.1) is 0 Å². The number of carbonyl (C=O) groups excluding carboxylic acids is 1. The fourth-order valence-electron chi connectivity index (χ4n) is 2.71. The molecule has 1 aromatic carbocycles. The van der Waals surface area contributed by atoms with Crippen LogP contribution in [0.2, 0.25) is 0 Å². The monoisotopic (exact) mass is 288 g/mol. The van der Waals surface area contributed by atoms with Gasteiger partial charge in [0.25, 0.3) is 0 Å². The maximum Gasteiger partial charge on any atom is 0.318 e. The van der Waals surface area contributed by atoms with Crippen LogP contribution >= 0.6 is 0 Å². The van der Waals surface area contributed by atoms with Crippen LogP contribution in [0, 0.1) is 5.92 Å². The summed E-state index contributed by atoms with van der Waals surface area (Å²) in [5.74, 6) is 0.902. The van der Waals surface area contributed by atoms with Gasteiger partial charge in [0.2, 0.25) is 0 Å². The number of rotatable bonds is 5. The Hall–Kier alpha value is -1.97. The number of carbonyl (C=O) groups is 1. The van der Waals surface area contributed by atoms with Crippen molar-refractivity contribution in [1.29, 1.82) is 0 Å². The van der Waals surface area contributed by atoms with E-state index in [-0.39, 0.29) is 11.8 Å². The standard InChI is InChI=1S/C17H24N2O2/c1-13(15-4-2-3-5-15)12-19-17(21)18-11-10-14-6-8-16(20)9-7-14/h6-9,12,15,20H,2-5,10-11H2,1H3,(H2,18,19,21)/b13-12+. The molecule has 0 bridgehead atoms. The number of hydrogen-bond acceptors (Lipinski definition) is 2. The first-order valence-electron chi connectivity index (χ1n) is 7.64. The number of urea groups is 1. The van der Waals surface area contributed by atoms with Gasteiger partial charge in [0.15, 0.2) is 0 Å². The van der Waals surface area contributed by atoms with E-state index in [2.05, 4.69) is 17.6 Å². The van der Waals surface area contributed by atoms with Gasteiger partial charge >= 0.3 is 6.03 Å². The zero-order valence-corrected chi connectivity index (χ0v) is 12.6. The number of hydrogen-bond donors (Lipinski definition) is 3. The molecule has 2 amide bonds. The van der Waals surface area contributed by atoms with E-state index in [9.17, 15) is 9.90 Å². The molecule has 0 heterocycles. The highest BCUT2D eigenvalue weighted by Crippen LogP contribution is 2.30. The Balaban J connectivity index is 1.67. The predicted molar refractivity (Wildman–Crippen MR) is 84.1 cm³/mol. The summed E-state index contributed by atoms with van der Waals surface area (Å²) in [6.07, 6.45) is 7.67. The molecule has 0 radical (unpaired) electrons. The molecule has 0 aliphatic heterocycles. The Kier molecular flexibility index (Phi) is 5.67. The van der Waals surface area contributed by atoms with Crippen LogP contribution in [0.1, 0.15) is 38.2 Å².